The highest BCUT2D eigenvalue weighted by Crippen LogP contribution is 2.20. The van der Waals surface area contributed by atoms with E-state index in [1.165, 1.54) is 24.3 Å². The van der Waals surface area contributed by atoms with E-state index in [2.05, 4.69) is 5.32 Å². The van der Waals surface area contributed by atoms with E-state index in [4.69, 9.17) is 27.9 Å². The number of aromatic hydroxyl groups is 1. The number of nitrogens with one attached hydrogen (secondary N) is 1. The fraction of sp³-hybridized carbons (Fsp3) is 0.125. The van der Waals surface area contributed by atoms with Crippen molar-refractivity contribution >= 4 is 35.1 Å². The molecular weight excluding hydrogens is 341 g/mol. The maximum Gasteiger partial charge on any atom is 0.338 e. The molecule has 0 saturated carbocycles. The molecule has 120 valence electrons. The first-order valence-corrected chi connectivity index (χ1v) is 7.38. The number of halogens is 2. The lowest BCUT2D eigenvalue weighted by atomic mass is 10.2. The van der Waals surface area contributed by atoms with Crippen molar-refractivity contribution in [1.82, 2.24) is 5.32 Å². The first-order chi connectivity index (χ1) is 11.0. The molecule has 0 bridgehead atoms. The minimum absolute atomic E-state index is 0.0544. The summed E-state index contributed by atoms with van der Waals surface area (Å²) < 4.78 is 4.87. The Morgan fingerprint density at radius 3 is 2.61 bits per heavy atom. The first kappa shape index (κ1) is 17.1. The summed E-state index contributed by atoms with van der Waals surface area (Å²) in [6.07, 6.45) is 0. The Morgan fingerprint density at radius 1 is 1.13 bits per heavy atom. The van der Waals surface area contributed by atoms with Gasteiger partial charge in [-0.25, -0.2) is 4.79 Å². The molecule has 0 aromatic heterocycles. The van der Waals surface area contributed by atoms with Crippen LogP contribution in [-0.4, -0.2) is 23.6 Å². The van der Waals surface area contributed by atoms with Gasteiger partial charge in [0, 0.05) is 16.6 Å². The van der Waals surface area contributed by atoms with E-state index in [0.717, 1.165) is 0 Å². The second kappa shape index (κ2) is 7.85. The van der Waals surface area contributed by atoms with Gasteiger partial charge in [-0.05, 0) is 35.9 Å². The van der Waals surface area contributed by atoms with Gasteiger partial charge in [-0.1, -0.05) is 35.3 Å². The molecule has 0 fully saturated rings. The molecule has 7 heteroatoms. The van der Waals surface area contributed by atoms with Crippen molar-refractivity contribution in [3.63, 3.8) is 0 Å². The molecule has 5 nitrogen and oxygen atoms in total. The van der Waals surface area contributed by atoms with Crippen LogP contribution in [0, 0.1) is 0 Å². The van der Waals surface area contributed by atoms with Crippen molar-refractivity contribution in [2.75, 3.05) is 6.61 Å². The molecule has 0 aliphatic heterocycles. The highest BCUT2D eigenvalue weighted by atomic mass is 35.5. The number of phenols is 1. The van der Waals surface area contributed by atoms with Crippen molar-refractivity contribution in [3.05, 3.63) is 63.6 Å². The van der Waals surface area contributed by atoms with Gasteiger partial charge in [-0.2, -0.15) is 0 Å². The maximum atomic E-state index is 11.7. The molecule has 0 aliphatic carbocycles. The molecule has 0 radical (unpaired) electrons. The number of hydrogen-bond donors (Lipinski definition) is 2. The molecule has 0 heterocycles. The number of carbonyl (C=O) groups is 2. The summed E-state index contributed by atoms with van der Waals surface area (Å²) in [5, 5.41) is 12.8. The molecule has 0 spiro atoms. The second-order valence-corrected chi connectivity index (χ2v) is 5.48. The summed E-state index contributed by atoms with van der Waals surface area (Å²) in [5.74, 6) is -1.22. The second-order valence-electron chi connectivity index (χ2n) is 4.64. The van der Waals surface area contributed by atoms with Crippen LogP contribution in [-0.2, 0) is 16.1 Å². The molecule has 2 N–H and O–H groups in total. The molecule has 23 heavy (non-hydrogen) atoms. The Balaban J connectivity index is 1.82. The molecular formula is C16H13Cl2NO4. The summed E-state index contributed by atoms with van der Waals surface area (Å²) in [6.45, 7) is -0.238. The van der Waals surface area contributed by atoms with E-state index in [0.29, 0.717) is 15.6 Å². The molecule has 0 unspecified atom stereocenters. The van der Waals surface area contributed by atoms with Gasteiger partial charge < -0.3 is 15.2 Å². The third kappa shape index (κ3) is 5.16. The van der Waals surface area contributed by atoms with E-state index in [1.807, 2.05) is 0 Å². The van der Waals surface area contributed by atoms with Gasteiger partial charge in [0.2, 0.25) is 0 Å². The van der Waals surface area contributed by atoms with Crippen LogP contribution < -0.4 is 5.32 Å². The lowest BCUT2D eigenvalue weighted by Gasteiger charge is -2.08. The van der Waals surface area contributed by atoms with E-state index in [-0.39, 0.29) is 17.9 Å². The average Bonchev–Trinajstić information content (AvgIpc) is 2.51. The zero-order chi connectivity index (χ0) is 16.8. The van der Waals surface area contributed by atoms with Crippen LogP contribution >= 0.6 is 23.2 Å². The zero-order valence-electron chi connectivity index (χ0n) is 11.9. The Hall–Kier alpha value is -2.24. The predicted octanol–water partition coefficient (Wildman–Crippen LogP) is 3.17. The predicted molar refractivity (Wildman–Crippen MR) is 86.7 cm³/mol. The largest absolute Gasteiger partial charge is 0.508 e. The van der Waals surface area contributed by atoms with E-state index in [9.17, 15) is 14.7 Å². The van der Waals surface area contributed by atoms with Gasteiger partial charge in [0.05, 0.1) is 5.56 Å². The molecule has 2 aromatic rings. The number of ether oxygens (including phenoxy) is 1. The summed E-state index contributed by atoms with van der Waals surface area (Å²) in [7, 11) is 0. The van der Waals surface area contributed by atoms with Crippen LogP contribution in [0.5, 0.6) is 5.75 Å². The monoisotopic (exact) mass is 353 g/mol. The number of hydrogen-bond acceptors (Lipinski definition) is 4. The van der Waals surface area contributed by atoms with Gasteiger partial charge >= 0.3 is 5.97 Å². The molecule has 2 aromatic carbocycles. The van der Waals surface area contributed by atoms with Gasteiger partial charge in [0.15, 0.2) is 6.61 Å². The third-order valence-corrected chi connectivity index (χ3v) is 3.49. The third-order valence-electron chi connectivity index (χ3n) is 2.91. The highest BCUT2D eigenvalue weighted by Gasteiger charge is 2.11. The average molecular weight is 354 g/mol. The summed E-state index contributed by atoms with van der Waals surface area (Å²) in [4.78, 5) is 23.4. The van der Waals surface area contributed by atoms with Gasteiger partial charge in [-0.15, -0.1) is 0 Å². The molecule has 0 saturated heterocycles. The zero-order valence-corrected chi connectivity index (χ0v) is 13.4. The Morgan fingerprint density at radius 2 is 1.91 bits per heavy atom. The van der Waals surface area contributed by atoms with Crippen molar-refractivity contribution < 1.29 is 19.4 Å². The fourth-order valence-electron chi connectivity index (χ4n) is 1.76. The quantitative estimate of drug-likeness (QED) is 0.809. The van der Waals surface area contributed by atoms with Crippen LogP contribution in [0.15, 0.2) is 42.5 Å². The van der Waals surface area contributed by atoms with E-state index in [1.54, 1.807) is 18.2 Å². The maximum absolute atomic E-state index is 11.7. The number of amides is 1. The fourth-order valence-corrected chi connectivity index (χ4v) is 2.23. The minimum Gasteiger partial charge on any atom is -0.508 e. The van der Waals surface area contributed by atoms with Crippen molar-refractivity contribution in [2.24, 2.45) is 0 Å². The van der Waals surface area contributed by atoms with Crippen molar-refractivity contribution in [3.8, 4) is 5.75 Å². The lowest BCUT2D eigenvalue weighted by Crippen LogP contribution is -2.28. The smallest absolute Gasteiger partial charge is 0.338 e. The highest BCUT2D eigenvalue weighted by molar-refractivity contribution is 6.35. The van der Waals surface area contributed by atoms with E-state index < -0.39 is 18.5 Å². The van der Waals surface area contributed by atoms with Crippen LogP contribution in [0.4, 0.5) is 0 Å². The number of benzene rings is 2. The molecule has 1 amide bonds. The number of rotatable bonds is 5. The van der Waals surface area contributed by atoms with Crippen molar-refractivity contribution in [2.45, 2.75) is 6.54 Å². The normalized spacial score (nSPS) is 10.2. The summed E-state index contributed by atoms with van der Waals surface area (Å²) in [5.41, 5.74) is 0.863. The van der Waals surface area contributed by atoms with Crippen LogP contribution in [0.3, 0.4) is 0 Å². The topological polar surface area (TPSA) is 75.6 Å². The number of esters is 1. The van der Waals surface area contributed by atoms with Gasteiger partial charge in [-0.3, -0.25) is 4.79 Å². The van der Waals surface area contributed by atoms with Gasteiger partial charge in [0.25, 0.3) is 5.91 Å². The van der Waals surface area contributed by atoms with Crippen molar-refractivity contribution in [1.29, 1.82) is 0 Å². The standard InChI is InChI=1S/C16H13Cl2NO4/c17-12-5-4-11(14(18)7-12)8-19-15(21)9-23-16(22)10-2-1-3-13(20)6-10/h1-7,20H,8-9H2,(H,19,21). The first-order valence-electron chi connectivity index (χ1n) is 6.62. The lowest BCUT2D eigenvalue weighted by molar-refractivity contribution is -0.124. The van der Waals surface area contributed by atoms with E-state index >= 15 is 0 Å². The minimum atomic E-state index is -0.694. The molecule has 0 atom stereocenters. The van der Waals surface area contributed by atoms with Crippen LogP contribution in [0.2, 0.25) is 10.0 Å². The van der Waals surface area contributed by atoms with Gasteiger partial charge in [0.1, 0.15) is 5.75 Å². The Labute approximate surface area is 142 Å². The van der Waals surface area contributed by atoms with Crippen LogP contribution in [0.1, 0.15) is 15.9 Å². The Kier molecular flexibility index (Phi) is 5.84. The number of carbonyl (C=O) groups excluding carboxylic acids is 2. The summed E-state index contributed by atoms with van der Waals surface area (Å²) >= 11 is 11.8. The number of phenolic OH excluding ortho intramolecular Hbond substituents is 1. The summed E-state index contributed by atoms with van der Waals surface area (Å²) in [6, 6.07) is 10.6. The molecule has 0 aliphatic rings. The molecule has 2 rings (SSSR count). The van der Waals surface area contributed by atoms with Crippen LogP contribution in [0.25, 0.3) is 0 Å². The SMILES string of the molecule is O=C(COC(=O)c1cccc(O)c1)NCc1ccc(Cl)cc1Cl. The Bertz CT molecular complexity index is 734.